The second-order valence-electron chi connectivity index (χ2n) is 9.93. The van der Waals surface area contributed by atoms with E-state index < -0.39 is 28.6 Å². The van der Waals surface area contributed by atoms with E-state index in [0.29, 0.717) is 24.3 Å². The maximum atomic E-state index is 13.6. The summed E-state index contributed by atoms with van der Waals surface area (Å²) in [5.41, 5.74) is 0. The number of rotatable bonds is 7. The summed E-state index contributed by atoms with van der Waals surface area (Å²) in [4.78, 5) is 15.4. The molecule has 0 bridgehead atoms. The van der Waals surface area contributed by atoms with Crippen molar-refractivity contribution in [2.45, 2.75) is 56.1 Å². The van der Waals surface area contributed by atoms with Crippen LogP contribution in [-0.2, 0) is 24.1 Å². The van der Waals surface area contributed by atoms with Crippen LogP contribution >= 0.6 is 22.7 Å². The number of benzene rings is 1. The molecule has 0 saturated carbocycles. The Bertz CT molecular complexity index is 1270. The highest BCUT2D eigenvalue weighted by Crippen LogP contribution is 2.48. The Balaban J connectivity index is 1.64. The average molecular weight is 525 g/mol. The van der Waals surface area contributed by atoms with Gasteiger partial charge >= 0.3 is 5.97 Å². The summed E-state index contributed by atoms with van der Waals surface area (Å²) in [6, 6.07) is 11.3. The molecule has 1 aliphatic heterocycles. The maximum Gasteiger partial charge on any atom is 0.307 e. The van der Waals surface area contributed by atoms with Crippen LogP contribution in [0.15, 0.2) is 36.4 Å². The Hall–Kier alpha value is -1.55. The van der Waals surface area contributed by atoms with Crippen molar-refractivity contribution in [3.63, 3.8) is 0 Å². The summed E-state index contributed by atoms with van der Waals surface area (Å²) in [6.45, 7) is 6.98. The molecule has 0 unspecified atom stereocenters. The first kappa shape index (κ1) is 24.6. The highest BCUT2D eigenvalue weighted by molar-refractivity contribution is 7.92. The fraction of sp³-hybridized carbons (Fsp3) is 0.458. The van der Waals surface area contributed by atoms with E-state index in [2.05, 4.69) is 19.6 Å². The summed E-state index contributed by atoms with van der Waals surface area (Å²) < 4.78 is 45.5. The average Bonchev–Trinajstić information content (AvgIpc) is 3.35. The predicted octanol–water partition coefficient (Wildman–Crippen LogP) is 6.83. The smallest absolute Gasteiger partial charge is 0.307 e. The molecular formula is C24H29FO4S3Si. The molecule has 1 saturated heterocycles. The molecule has 0 radical (unpaired) electrons. The van der Waals surface area contributed by atoms with Crippen molar-refractivity contribution in [2.75, 3.05) is 12.4 Å². The lowest BCUT2D eigenvalue weighted by Gasteiger charge is -2.35. The summed E-state index contributed by atoms with van der Waals surface area (Å²) in [5, 5.41) is 0.956. The first-order valence-corrected chi connectivity index (χ1v) is 18.2. The highest BCUT2D eigenvalue weighted by Gasteiger charge is 2.49. The molecule has 9 heteroatoms. The van der Waals surface area contributed by atoms with Gasteiger partial charge < -0.3 is 4.74 Å². The van der Waals surface area contributed by atoms with Gasteiger partial charge in [-0.2, -0.15) is 0 Å². The van der Waals surface area contributed by atoms with Crippen LogP contribution in [0.5, 0.6) is 0 Å². The number of sulfone groups is 1. The third-order valence-corrected chi connectivity index (χ3v) is 13.2. The van der Waals surface area contributed by atoms with Crippen molar-refractivity contribution in [1.29, 1.82) is 0 Å². The zero-order chi connectivity index (χ0) is 23.9. The van der Waals surface area contributed by atoms with Crippen LogP contribution in [0, 0.1) is 5.82 Å². The lowest BCUT2D eigenvalue weighted by atomic mass is 9.95. The van der Waals surface area contributed by atoms with Gasteiger partial charge in [0.05, 0.1) is 18.8 Å². The first-order chi connectivity index (χ1) is 15.5. The predicted molar refractivity (Wildman–Crippen MR) is 138 cm³/mol. The number of carbonyl (C=O) groups excluding carboxylic acids is 1. The van der Waals surface area contributed by atoms with Crippen molar-refractivity contribution >= 4 is 56.6 Å². The van der Waals surface area contributed by atoms with Crippen molar-refractivity contribution in [2.24, 2.45) is 0 Å². The van der Waals surface area contributed by atoms with Crippen molar-refractivity contribution < 1.29 is 22.3 Å². The van der Waals surface area contributed by atoms with Gasteiger partial charge in [0.15, 0.2) is 9.84 Å². The first-order valence-electron chi connectivity index (χ1n) is 11.2. The van der Waals surface area contributed by atoms with E-state index >= 15 is 0 Å². The van der Waals surface area contributed by atoms with Crippen molar-refractivity contribution in [3.05, 3.63) is 47.1 Å². The zero-order valence-corrected chi connectivity index (χ0v) is 22.6. The lowest BCUT2D eigenvalue weighted by molar-refractivity contribution is -0.144. The molecule has 1 aliphatic rings. The third-order valence-electron chi connectivity index (χ3n) is 6.16. The molecule has 4 nitrogen and oxygen atoms in total. The van der Waals surface area contributed by atoms with Crippen LogP contribution in [0.25, 0.3) is 19.8 Å². The van der Waals surface area contributed by atoms with E-state index in [0.717, 1.165) is 32.3 Å². The van der Waals surface area contributed by atoms with Crippen molar-refractivity contribution in [3.8, 4) is 9.75 Å². The Morgan fingerprint density at radius 1 is 1.09 bits per heavy atom. The zero-order valence-electron chi connectivity index (χ0n) is 19.1. The van der Waals surface area contributed by atoms with Crippen LogP contribution in [0.3, 0.4) is 0 Å². The molecular weight excluding hydrogens is 496 g/mol. The fourth-order valence-corrected chi connectivity index (χ4v) is 9.86. The Morgan fingerprint density at radius 2 is 1.88 bits per heavy atom. The largest absolute Gasteiger partial charge is 0.466 e. The fourth-order valence-electron chi connectivity index (χ4n) is 4.21. The van der Waals surface area contributed by atoms with Gasteiger partial charge in [0.1, 0.15) is 10.6 Å². The highest BCUT2D eigenvalue weighted by atomic mass is 32.2. The van der Waals surface area contributed by atoms with Gasteiger partial charge in [-0.3, -0.25) is 4.79 Å². The maximum absolute atomic E-state index is 13.6. The Labute approximate surface area is 203 Å². The van der Waals surface area contributed by atoms with Crippen LogP contribution in [0.4, 0.5) is 4.39 Å². The second kappa shape index (κ2) is 9.24. The molecule has 33 heavy (non-hydrogen) atoms. The monoisotopic (exact) mass is 524 g/mol. The third kappa shape index (κ3) is 5.26. The van der Waals surface area contributed by atoms with E-state index in [-0.39, 0.29) is 18.0 Å². The van der Waals surface area contributed by atoms with Gasteiger partial charge in [0.25, 0.3) is 0 Å². The van der Waals surface area contributed by atoms with E-state index in [1.807, 2.05) is 18.2 Å². The van der Waals surface area contributed by atoms with Gasteiger partial charge in [-0.05, 0) is 54.6 Å². The molecule has 1 fully saturated rings. The summed E-state index contributed by atoms with van der Waals surface area (Å²) in [5.74, 6) is -0.626. The number of thiophene rings is 2. The molecule has 0 N–H and O–H groups in total. The van der Waals surface area contributed by atoms with Crippen LogP contribution < -0.4 is 0 Å². The number of hydrogen-bond donors (Lipinski definition) is 0. The molecule has 4 rings (SSSR count). The summed E-state index contributed by atoms with van der Waals surface area (Å²) in [6.07, 6.45) is 1.67. The van der Waals surface area contributed by atoms with E-state index in [1.54, 1.807) is 6.07 Å². The summed E-state index contributed by atoms with van der Waals surface area (Å²) in [7, 11) is -4.87. The number of carbonyl (C=O) groups is 1. The van der Waals surface area contributed by atoms with Gasteiger partial charge in [0.2, 0.25) is 0 Å². The minimum Gasteiger partial charge on any atom is -0.466 e. The molecule has 0 amide bonds. The number of ether oxygens (including phenoxy) is 1. The van der Waals surface area contributed by atoms with Gasteiger partial charge in [-0.1, -0.05) is 32.1 Å². The minimum absolute atomic E-state index is 0.0879. The Morgan fingerprint density at radius 3 is 2.61 bits per heavy atom. The standard InChI is InChI=1S/C24H29FO4S3Si/c1-33(2,3)13-11-29-23(26)16-24(10-4-5-12-32(24,27)28)22-9-8-19(31-22)21-14-17-6-7-18(25)15-20(17)30-21/h6-9,14-15H,4-5,10-13,16H2,1-3H3/t24-/m0/s1. The van der Waals surface area contributed by atoms with E-state index in [4.69, 9.17) is 4.74 Å². The molecule has 3 heterocycles. The van der Waals surface area contributed by atoms with Gasteiger partial charge in [-0.15, -0.1) is 22.7 Å². The van der Waals surface area contributed by atoms with Gasteiger partial charge in [0, 0.05) is 27.4 Å². The van der Waals surface area contributed by atoms with E-state index in [1.165, 1.54) is 34.8 Å². The SMILES string of the molecule is C[Si](C)(C)CCOC(=O)C[C@]1(c2ccc(-c3cc4ccc(F)cc4s3)s2)CCCCS1(=O)=O. The van der Waals surface area contributed by atoms with Crippen molar-refractivity contribution in [1.82, 2.24) is 0 Å². The van der Waals surface area contributed by atoms with Crippen LogP contribution in [0.2, 0.25) is 25.7 Å². The number of hydrogen-bond acceptors (Lipinski definition) is 6. The number of esters is 1. The molecule has 3 aromatic rings. The molecule has 178 valence electrons. The minimum atomic E-state index is -3.51. The lowest BCUT2D eigenvalue weighted by Crippen LogP contribution is -2.42. The van der Waals surface area contributed by atoms with Gasteiger partial charge in [-0.25, -0.2) is 12.8 Å². The van der Waals surface area contributed by atoms with Crippen LogP contribution in [0.1, 0.15) is 30.6 Å². The van der Waals surface area contributed by atoms with E-state index in [9.17, 15) is 17.6 Å². The molecule has 0 aliphatic carbocycles. The topological polar surface area (TPSA) is 60.4 Å². The van der Waals surface area contributed by atoms with Crippen LogP contribution in [-0.4, -0.2) is 34.8 Å². The molecule has 2 aromatic heterocycles. The molecule has 1 aromatic carbocycles. The quantitative estimate of drug-likeness (QED) is 0.251. The molecule has 0 spiro atoms. The number of halogens is 1. The normalized spacial score (nSPS) is 20.7. The number of fused-ring (bicyclic) bond motifs is 1. The molecule has 1 atom stereocenters. The summed E-state index contributed by atoms with van der Waals surface area (Å²) >= 11 is 2.90. The second-order valence-corrected chi connectivity index (χ2v) is 20.1. The Kier molecular flexibility index (Phi) is 6.88.